The first-order valence-electron chi connectivity index (χ1n) is 8.36. The summed E-state index contributed by atoms with van der Waals surface area (Å²) in [5.74, 6) is -0.981. The van der Waals surface area contributed by atoms with Crippen molar-refractivity contribution in [3.63, 3.8) is 0 Å². The van der Waals surface area contributed by atoms with Gasteiger partial charge in [0.25, 0.3) is 0 Å². The van der Waals surface area contributed by atoms with Crippen molar-refractivity contribution in [3.8, 4) is 0 Å². The van der Waals surface area contributed by atoms with E-state index in [9.17, 15) is 4.79 Å². The minimum absolute atomic E-state index is 0.306. The van der Waals surface area contributed by atoms with Crippen molar-refractivity contribution in [2.75, 3.05) is 13.2 Å². The summed E-state index contributed by atoms with van der Waals surface area (Å²) in [5, 5.41) is 7.60. The molecule has 1 N–H and O–H groups in total. The van der Waals surface area contributed by atoms with Gasteiger partial charge in [0, 0.05) is 6.08 Å². The van der Waals surface area contributed by atoms with E-state index in [-0.39, 0.29) is 0 Å². The number of carboxylic acids is 1. The molecule has 0 bridgehead atoms. The van der Waals surface area contributed by atoms with Crippen molar-refractivity contribution in [1.82, 2.24) is 0 Å². The van der Waals surface area contributed by atoms with E-state index < -0.39 is 5.97 Å². The number of ether oxygens (including phenoxy) is 3. The standard InChI is InChI=1S/C14H26O3.C3H4O2/c1-3-5-7-11(13-9-15-13)17-12(8-6-4-2)14-10-16-14;1-2-3(4)5/h11-14H,3-10H2,1-2H3;2H,1H2,(H,4,5). The van der Waals surface area contributed by atoms with Gasteiger partial charge in [-0.2, -0.15) is 0 Å². The van der Waals surface area contributed by atoms with Crippen molar-refractivity contribution in [2.45, 2.75) is 76.8 Å². The topological polar surface area (TPSA) is 71.6 Å². The monoisotopic (exact) mass is 314 g/mol. The van der Waals surface area contributed by atoms with Crippen LogP contribution in [0.2, 0.25) is 0 Å². The molecular weight excluding hydrogens is 284 g/mol. The molecule has 5 heteroatoms. The Labute approximate surface area is 133 Å². The van der Waals surface area contributed by atoms with E-state index in [0.717, 1.165) is 32.1 Å². The first kappa shape index (κ1) is 19.1. The Morgan fingerprint density at radius 3 is 1.77 bits per heavy atom. The average Bonchev–Trinajstić information content (AvgIpc) is 3.39. The smallest absolute Gasteiger partial charge is 0.327 e. The zero-order valence-electron chi connectivity index (χ0n) is 13.8. The van der Waals surface area contributed by atoms with Crippen LogP contribution in [-0.2, 0) is 19.0 Å². The molecule has 4 unspecified atom stereocenters. The van der Waals surface area contributed by atoms with Gasteiger partial charge in [0.15, 0.2) is 0 Å². The molecule has 0 amide bonds. The number of carboxylic acid groups (broad SMARTS) is 1. The molecule has 0 aliphatic carbocycles. The zero-order chi connectivity index (χ0) is 16.4. The number of rotatable bonds is 11. The van der Waals surface area contributed by atoms with Crippen LogP contribution in [0.25, 0.3) is 0 Å². The van der Waals surface area contributed by atoms with Crippen LogP contribution in [0, 0.1) is 0 Å². The second kappa shape index (κ2) is 10.8. The van der Waals surface area contributed by atoms with Gasteiger partial charge in [-0.3, -0.25) is 0 Å². The molecular formula is C17H30O5. The summed E-state index contributed by atoms with van der Waals surface area (Å²) in [5.41, 5.74) is 0. The molecule has 0 saturated carbocycles. The lowest BCUT2D eigenvalue weighted by Crippen LogP contribution is -2.30. The highest BCUT2D eigenvalue weighted by atomic mass is 16.6. The molecule has 4 atom stereocenters. The summed E-state index contributed by atoms with van der Waals surface area (Å²) in [6.07, 6.45) is 9.37. The van der Waals surface area contributed by atoms with Gasteiger partial charge in [-0.1, -0.05) is 46.1 Å². The second-order valence-electron chi connectivity index (χ2n) is 5.78. The quantitative estimate of drug-likeness (QED) is 0.468. The Hall–Kier alpha value is -0.910. The fourth-order valence-corrected chi connectivity index (χ4v) is 2.26. The normalized spacial score (nSPS) is 24.6. The maximum absolute atomic E-state index is 9.25. The number of epoxide rings is 2. The number of unbranched alkanes of at least 4 members (excludes halogenated alkanes) is 2. The van der Waals surface area contributed by atoms with E-state index in [1.165, 1.54) is 25.7 Å². The fraction of sp³-hybridized carbons (Fsp3) is 0.824. The minimum Gasteiger partial charge on any atom is -0.478 e. The molecule has 0 spiro atoms. The Kier molecular flexibility index (Phi) is 9.36. The Morgan fingerprint density at radius 2 is 1.55 bits per heavy atom. The SMILES string of the molecule is C=CC(=O)O.CCCCC(OC(CCCC)C1CO1)C1CO1. The van der Waals surface area contributed by atoms with Crippen LogP contribution in [0.15, 0.2) is 12.7 Å². The number of hydrogen-bond donors (Lipinski definition) is 1. The van der Waals surface area contributed by atoms with E-state index in [2.05, 4.69) is 20.4 Å². The van der Waals surface area contributed by atoms with Crippen molar-refractivity contribution in [3.05, 3.63) is 12.7 Å². The van der Waals surface area contributed by atoms with Gasteiger partial charge in [0.2, 0.25) is 0 Å². The van der Waals surface area contributed by atoms with E-state index in [4.69, 9.17) is 19.3 Å². The Balaban J connectivity index is 0.000000422. The molecule has 2 heterocycles. The third-order valence-corrected chi connectivity index (χ3v) is 3.76. The molecule has 0 aromatic heterocycles. The van der Waals surface area contributed by atoms with Crippen molar-refractivity contribution in [2.24, 2.45) is 0 Å². The van der Waals surface area contributed by atoms with Gasteiger partial charge >= 0.3 is 5.97 Å². The fourth-order valence-electron chi connectivity index (χ4n) is 2.26. The minimum atomic E-state index is -0.981. The molecule has 0 radical (unpaired) electrons. The molecule has 2 fully saturated rings. The van der Waals surface area contributed by atoms with Gasteiger partial charge < -0.3 is 19.3 Å². The summed E-state index contributed by atoms with van der Waals surface area (Å²) in [6, 6.07) is 0. The Morgan fingerprint density at radius 1 is 1.18 bits per heavy atom. The lowest BCUT2D eigenvalue weighted by Gasteiger charge is -2.22. The van der Waals surface area contributed by atoms with E-state index >= 15 is 0 Å². The summed E-state index contributed by atoms with van der Waals surface area (Å²) in [4.78, 5) is 9.25. The van der Waals surface area contributed by atoms with Crippen molar-refractivity contribution in [1.29, 1.82) is 0 Å². The molecule has 22 heavy (non-hydrogen) atoms. The van der Waals surface area contributed by atoms with Crippen LogP contribution < -0.4 is 0 Å². The Bertz CT molecular complexity index is 301. The molecule has 2 aliphatic rings. The summed E-state index contributed by atoms with van der Waals surface area (Å²) < 4.78 is 17.1. The van der Waals surface area contributed by atoms with Crippen LogP contribution in [0.5, 0.6) is 0 Å². The highest BCUT2D eigenvalue weighted by Crippen LogP contribution is 2.28. The van der Waals surface area contributed by atoms with Gasteiger partial charge in [0.05, 0.1) is 25.4 Å². The maximum Gasteiger partial charge on any atom is 0.327 e. The first-order chi connectivity index (χ1) is 10.6. The van der Waals surface area contributed by atoms with Crippen molar-refractivity contribution >= 4 is 5.97 Å². The predicted molar refractivity (Wildman–Crippen MR) is 85.0 cm³/mol. The van der Waals surface area contributed by atoms with Crippen LogP contribution >= 0.6 is 0 Å². The maximum atomic E-state index is 9.25. The summed E-state index contributed by atoms with van der Waals surface area (Å²) in [6.45, 7) is 9.19. The third kappa shape index (κ3) is 8.51. The first-order valence-corrected chi connectivity index (χ1v) is 8.36. The highest BCUT2D eigenvalue weighted by Gasteiger charge is 2.39. The average molecular weight is 314 g/mol. The molecule has 0 aromatic carbocycles. The van der Waals surface area contributed by atoms with Gasteiger partial charge in [-0.05, 0) is 12.8 Å². The molecule has 2 rings (SSSR count). The number of aliphatic carboxylic acids is 1. The molecule has 2 aliphatic heterocycles. The van der Waals surface area contributed by atoms with Gasteiger partial charge in [0.1, 0.15) is 12.2 Å². The lowest BCUT2D eigenvalue weighted by molar-refractivity contribution is -0.131. The molecule has 2 saturated heterocycles. The summed E-state index contributed by atoms with van der Waals surface area (Å²) >= 11 is 0. The van der Waals surface area contributed by atoms with E-state index in [1.54, 1.807) is 0 Å². The second-order valence-corrected chi connectivity index (χ2v) is 5.78. The van der Waals surface area contributed by atoms with E-state index in [0.29, 0.717) is 24.4 Å². The number of hydrogen-bond acceptors (Lipinski definition) is 4. The van der Waals surface area contributed by atoms with Crippen molar-refractivity contribution < 1.29 is 24.1 Å². The van der Waals surface area contributed by atoms with Gasteiger partial charge in [-0.15, -0.1) is 0 Å². The van der Waals surface area contributed by atoms with Crippen LogP contribution in [0.4, 0.5) is 0 Å². The molecule has 128 valence electrons. The third-order valence-electron chi connectivity index (χ3n) is 3.76. The summed E-state index contributed by atoms with van der Waals surface area (Å²) in [7, 11) is 0. The largest absolute Gasteiger partial charge is 0.478 e. The molecule has 0 aromatic rings. The molecule has 5 nitrogen and oxygen atoms in total. The highest BCUT2D eigenvalue weighted by molar-refractivity contribution is 5.78. The lowest BCUT2D eigenvalue weighted by atomic mass is 10.1. The zero-order valence-corrected chi connectivity index (χ0v) is 13.8. The number of carbonyl (C=O) groups is 1. The van der Waals surface area contributed by atoms with Crippen LogP contribution in [0.3, 0.4) is 0 Å². The van der Waals surface area contributed by atoms with Crippen LogP contribution in [-0.4, -0.2) is 48.7 Å². The predicted octanol–water partition coefficient (Wildman–Crippen LogP) is 3.18. The van der Waals surface area contributed by atoms with E-state index in [1.807, 2.05) is 0 Å². The van der Waals surface area contributed by atoms with Crippen LogP contribution in [0.1, 0.15) is 52.4 Å². The van der Waals surface area contributed by atoms with Gasteiger partial charge in [-0.25, -0.2) is 4.79 Å².